The Hall–Kier alpha value is -2.68. The predicted octanol–water partition coefficient (Wildman–Crippen LogP) is 1.67. The molecular weight excluding hydrogens is 224 g/mol. The van der Waals surface area contributed by atoms with E-state index in [0.29, 0.717) is 5.56 Å². The first-order valence-corrected chi connectivity index (χ1v) is 4.53. The maximum absolute atomic E-state index is 11.1. The Balaban J connectivity index is 3.02. The lowest BCUT2D eigenvalue weighted by Gasteiger charge is -1.97. The van der Waals surface area contributed by atoms with Gasteiger partial charge in [0.1, 0.15) is 11.6 Å². The van der Waals surface area contributed by atoms with E-state index < -0.39 is 10.9 Å². The highest BCUT2D eigenvalue weighted by atomic mass is 16.6. The van der Waals surface area contributed by atoms with Gasteiger partial charge in [0, 0.05) is 12.1 Å². The van der Waals surface area contributed by atoms with E-state index in [2.05, 4.69) is 4.74 Å². The number of rotatable bonds is 3. The molecule has 6 nitrogen and oxygen atoms in total. The van der Waals surface area contributed by atoms with Crippen LogP contribution in [-0.4, -0.2) is 18.0 Å². The quantitative estimate of drug-likeness (QED) is 0.260. The molecule has 0 fully saturated rings. The number of hydrogen-bond donors (Lipinski definition) is 0. The van der Waals surface area contributed by atoms with Crippen LogP contribution in [0, 0.1) is 21.4 Å². The molecule has 1 aromatic rings. The first-order chi connectivity index (χ1) is 8.08. The van der Waals surface area contributed by atoms with Crippen LogP contribution in [0.3, 0.4) is 0 Å². The monoisotopic (exact) mass is 232 g/mol. The fraction of sp³-hybridized carbons (Fsp3) is 0.0909. The second-order valence-electron chi connectivity index (χ2n) is 3.01. The number of carbonyl (C=O) groups is 1. The van der Waals surface area contributed by atoms with Crippen LogP contribution in [0.5, 0.6) is 0 Å². The molecule has 0 bridgehead atoms. The largest absolute Gasteiger partial charge is 0.465 e. The number of nitro groups is 1. The molecule has 0 heterocycles. The van der Waals surface area contributed by atoms with Crippen molar-refractivity contribution in [3.8, 4) is 6.07 Å². The molecule has 0 aliphatic heterocycles. The number of non-ortho nitro benzene ring substituents is 1. The van der Waals surface area contributed by atoms with E-state index in [1.807, 2.05) is 0 Å². The SMILES string of the molecule is COC(=O)/C(C#N)=C\c1ccc([N+](=O)[O-])cc1. The molecule has 0 amide bonds. The van der Waals surface area contributed by atoms with Crippen molar-refractivity contribution >= 4 is 17.7 Å². The molecule has 0 aromatic heterocycles. The normalized spacial score (nSPS) is 10.5. The van der Waals surface area contributed by atoms with Gasteiger partial charge in [-0.05, 0) is 23.8 Å². The summed E-state index contributed by atoms with van der Waals surface area (Å²) in [6, 6.07) is 7.16. The fourth-order valence-corrected chi connectivity index (χ4v) is 1.11. The molecule has 1 rings (SSSR count). The Labute approximate surface area is 96.9 Å². The van der Waals surface area contributed by atoms with Crippen molar-refractivity contribution in [2.24, 2.45) is 0 Å². The highest BCUT2D eigenvalue weighted by Crippen LogP contribution is 2.14. The van der Waals surface area contributed by atoms with Crippen molar-refractivity contribution in [3.05, 3.63) is 45.5 Å². The molecule has 0 spiro atoms. The molecule has 0 unspecified atom stereocenters. The van der Waals surface area contributed by atoms with E-state index in [4.69, 9.17) is 5.26 Å². The summed E-state index contributed by atoms with van der Waals surface area (Å²) in [6.07, 6.45) is 1.30. The summed E-state index contributed by atoms with van der Waals surface area (Å²) in [6.45, 7) is 0. The topological polar surface area (TPSA) is 93.2 Å². The van der Waals surface area contributed by atoms with E-state index >= 15 is 0 Å². The maximum atomic E-state index is 11.1. The smallest absolute Gasteiger partial charge is 0.348 e. The molecule has 0 radical (unpaired) electrons. The predicted molar refractivity (Wildman–Crippen MR) is 58.7 cm³/mol. The number of nitriles is 1. The van der Waals surface area contributed by atoms with Gasteiger partial charge in [0.2, 0.25) is 0 Å². The van der Waals surface area contributed by atoms with Crippen molar-refractivity contribution in [3.63, 3.8) is 0 Å². The molecule has 17 heavy (non-hydrogen) atoms. The van der Waals surface area contributed by atoms with Crippen LogP contribution in [-0.2, 0) is 9.53 Å². The average Bonchev–Trinajstić information content (AvgIpc) is 2.35. The highest BCUT2D eigenvalue weighted by molar-refractivity contribution is 5.97. The Morgan fingerprint density at radius 1 is 1.47 bits per heavy atom. The Morgan fingerprint density at radius 3 is 2.47 bits per heavy atom. The Bertz CT molecular complexity index is 511. The van der Waals surface area contributed by atoms with E-state index in [9.17, 15) is 14.9 Å². The van der Waals surface area contributed by atoms with Crippen LogP contribution in [0.1, 0.15) is 5.56 Å². The fourth-order valence-electron chi connectivity index (χ4n) is 1.11. The number of ether oxygens (including phenoxy) is 1. The molecule has 0 N–H and O–H groups in total. The third kappa shape index (κ3) is 3.14. The summed E-state index contributed by atoms with van der Waals surface area (Å²) in [7, 11) is 1.17. The first-order valence-electron chi connectivity index (χ1n) is 4.53. The number of carbonyl (C=O) groups excluding carboxylic acids is 1. The van der Waals surface area contributed by atoms with Gasteiger partial charge < -0.3 is 4.74 Å². The van der Waals surface area contributed by atoms with Crippen molar-refractivity contribution in [1.82, 2.24) is 0 Å². The van der Waals surface area contributed by atoms with Gasteiger partial charge in [0.05, 0.1) is 12.0 Å². The standard InChI is InChI=1S/C11H8N2O4/c1-17-11(14)9(7-12)6-8-2-4-10(5-3-8)13(15)16/h2-6H,1H3/b9-6-. The van der Waals surface area contributed by atoms with Gasteiger partial charge in [-0.1, -0.05) is 0 Å². The molecule has 0 atom stereocenters. The summed E-state index contributed by atoms with van der Waals surface area (Å²) in [5.74, 6) is -0.745. The minimum absolute atomic E-state index is 0.0567. The number of nitro benzene ring substituents is 1. The van der Waals surface area contributed by atoms with Crippen molar-refractivity contribution in [2.75, 3.05) is 7.11 Å². The zero-order chi connectivity index (χ0) is 12.8. The van der Waals surface area contributed by atoms with Crippen LogP contribution < -0.4 is 0 Å². The van der Waals surface area contributed by atoms with Gasteiger partial charge in [-0.15, -0.1) is 0 Å². The van der Waals surface area contributed by atoms with Crippen LogP contribution >= 0.6 is 0 Å². The summed E-state index contributed by atoms with van der Waals surface area (Å²) in [4.78, 5) is 21.0. The average molecular weight is 232 g/mol. The minimum Gasteiger partial charge on any atom is -0.465 e. The van der Waals surface area contributed by atoms with Gasteiger partial charge in [0.25, 0.3) is 5.69 Å². The second kappa shape index (κ2) is 5.42. The maximum Gasteiger partial charge on any atom is 0.348 e. The van der Waals surface area contributed by atoms with Crippen LogP contribution in [0.25, 0.3) is 6.08 Å². The molecule has 86 valence electrons. The number of hydrogen-bond acceptors (Lipinski definition) is 5. The Kier molecular flexibility index (Phi) is 3.95. The van der Waals surface area contributed by atoms with Gasteiger partial charge in [-0.3, -0.25) is 10.1 Å². The molecule has 0 saturated heterocycles. The lowest BCUT2D eigenvalue weighted by Crippen LogP contribution is -2.02. The third-order valence-corrected chi connectivity index (χ3v) is 1.94. The van der Waals surface area contributed by atoms with Crippen molar-refractivity contribution < 1.29 is 14.5 Å². The molecule has 1 aromatic carbocycles. The van der Waals surface area contributed by atoms with E-state index in [1.165, 1.54) is 37.5 Å². The van der Waals surface area contributed by atoms with Gasteiger partial charge >= 0.3 is 5.97 Å². The zero-order valence-electron chi connectivity index (χ0n) is 8.91. The van der Waals surface area contributed by atoms with Gasteiger partial charge in [-0.25, -0.2) is 4.79 Å². The molecule has 0 aliphatic carbocycles. The van der Waals surface area contributed by atoms with Gasteiger partial charge in [-0.2, -0.15) is 5.26 Å². The number of esters is 1. The highest BCUT2D eigenvalue weighted by Gasteiger charge is 2.09. The molecule has 0 aliphatic rings. The van der Waals surface area contributed by atoms with Crippen molar-refractivity contribution in [1.29, 1.82) is 5.26 Å². The minimum atomic E-state index is -0.745. The van der Waals surface area contributed by atoms with E-state index in [-0.39, 0.29) is 11.3 Å². The Morgan fingerprint density at radius 2 is 2.06 bits per heavy atom. The van der Waals surface area contributed by atoms with Crippen molar-refractivity contribution in [2.45, 2.75) is 0 Å². The van der Waals surface area contributed by atoms with E-state index in [1.54, 1.807) is 6.07 Å². The summed E-state index contributed by atoms with van der Waals surface area (Å²) < 4.78 is 4.40. The number of methoxy groups -OCH3 is 1. The summed E-state index contributed by atoms with van der Waals surface area (Å²) >= 11 is 0. The number of nitrogens with zero attached hydrogens (tertiary/aromatic N) is 2. The summed E-state index contributed by atoms with van der Waals surface area (Å²) in [5.41, 5.74) is 0.289. The lowest BCUT2D eigenvalue weighted by molar-refractivity contribution is -0.384. The lowest BCUT2D eigenvalue weighted by atomic mass is 10.1. The van der Waals surface area contributed by atoms with E-state index in [0.717, 1.165) is 0 Å². The van der Waals surface area contributed by atoms with Crippen LogP contribution in [0.4, 0.5) is 5.69 Å². The first kappa shape index (κ1) is 12.4. The molecule has 0 saturated carbocycles. The second-order valence-corrected chi connectivity index (χ2v) is 3.01. The number of benzene rings is 1. The molecule has 6 heteroatoms. The van der Waals surface area contributed by atoms with Crippen LogP contribution in [0.2, 0.25) is 0 Å². The summed E-state index contributed by atoms with van der Waals surface area (Å²) in [5, 5.41) is 19.1. The third-order valence-electron chi connectivity index (χ3n) is 1.94. The van der Waals surface area contributed by atoms with Gasteiger partial charge in [0.15, 0.2) is 0 Å². The van der Waals surface area contributed by atoms with Crippen LogP contribution in [0.15, 0.2) is 29.8 Å². The molecular formula is C11H8N2O4. The zero-order valence-corrected chi connectivity index (χ0v) is 8.91.